The largest absolute Gasteiger partial charge is 0.423 e. The van der Waals surface area contributed by atoms with Crippen LogP contribution in [0.15, 0.2) is 96.1 Å². The van der Waals surface area contributed by atoms with Gasteiger partial charge in [0.15, 0.2) is 0 Å². The summed E-state index contributed by atoms with van der Waals surface area (Å²) in [5, 5.41) is 5.82. The smallest absolute Gasteiger partial charge is 0.344 e. The van der Waals surface area contributed by atoms with E-state index in [9.17, 15) is 9.59 Å². The van der Waals surface area contributed by atoms with Gasteiger partial charge in [-0.25, -0.2) is 10.2 Å². The highest BCUT2D eigenvalue weighted by Crippen LogP contribution is 2.21. The molecule has 0 saturated heterocycles. The predicted octanol–water partition coefficient (Wildman–Crippen LogP) is 5.43. The van der Waals surface area contributed by atoms with Crippen molar-refractivity contribution in [3.63, 3.8) is 0 Å². The van der Waals surface area contributed by atoms with Gasteiger partial charge in [0.1, 0.15) is 5.75 Å². The van der Waals surface area contributed by atoms with Gasteiger partial charge >= 0.3 is 5.97 Å². The van der Waals surface area contributed by atoms with E-state index >= 15 is 0 Å². The second-order valence-corrected chi connectivity index (χ2v) is 7.94. The van der Waals surface area contributed by atoms with Crippen molar-refractivity contribution in [3.8, 4) is 5.75 Å². The van der Waals surface area contributed by atoms with Crippen LogP contribution < -0.4 is 10.2 Å². The third kappa shape index (κ3) is 5.16. The molecule has 0 saturated carbocycles. The number of nitrogens with one attached hydrogen (secondary N) is 1. The van der Waals surface area contributed by atoms with Gasteiger partial charge in [0.2, 0.25) is 0 Å². The number of halogens is 1. The molecule has 4 rings (SSSR count). The standard InChI is InChI=1S/C25H17IN2O3/c26-20-8-3-7-19(15-20)24(29)28-27-16-17-11-13-21(14-12-17)31-25(30)23-10-4-6-18-5-1-2-9-22(18)23/h1-16H,(H,28,29)/b27-16-. The highest BCUT2D eigenvalue weighted by atomic mass is 127. The van der Waals surface area contributed by atoms with Crippen molar-refractivity contribution in [1.82, 2.24) is 5.43 Å². The first-order valence-electron chi connectivity index (χ1n) is 9.49. The lowest BCUT2D eigenvalue weighted by atomic mass is 10.0. The fourth-order valence-corrected chi connectivity index (χ4v) is 3.59. The zero-order chi connectivity index (χ0) is 21.6. The SMILES string of the molecule is O=C(N/N=C\c1ccc(OC(=O)c2cccc3ccccc23)cc1)c1cccc(I)c1. The lowest BCUT2D eigenvalue weighted by Gasteiger charge is -2.07. The summed E-state index contributed by atoms with van der Waals surface area (Å²) in [6, 6.07) is 27.4. The van der Waals surface area contributed by atoms with Crippen LogP contribution in [0, 0.1) is 3.57 Å². The number of carbonyl (C=O) groups is 2. The van der Waals surface area contributed by atoms with Gasteiger partial charge in [-0.3, -0.25) is 4.79 Å². The van der Waals surface area contributed by atoms with Crippen molar-refractivity contribution in [3.05, 3.63) is 111 Å². The number of hydrogen-bond acceptors (Lipinski definition) is 4. The number of amides is 1. The van der Waals surface area contributed by atoms with Gasteiger partial charge in [-0.1, -0.05) is 42.5 Å². The van der Waals surface area contributed by atoms with Crippen molar-refractivity contribution >= 4 is 51.5 Å². The summed E-state index contributed by atoms with van der Waals surface area (Å²) in [6.45, 7) is 0. The molecule has 1 N–H and O–H groups in total. The quantitative estimate of drug-likeness (QED) is 0.126. The number of fused-ring (bicyclic) bond motifs is 1. The molecule has 0 aromatic heterocycles. The summed E-state index contributed by atoms with van der Waals surface area (Å²) < 4.78 is 6.50. The first-order chi connectivity index (χ1) is 15.1. The molecule has 5 nitrogen and oxygen atoms in total. The molecule has 0 atom stereocenters. The highest BCUT2D eigenvalue weighted by Gasteiger charge is 2.12. The molecule has 0 unspecified atom stereocenters. The van der Waals surface area contributed by atoms with Gasteiger partial charge in [-0.2, -0.15) is 5.10 Å². The Morgan fingerprint density at radius 2 is 1.61 bits per heavy atom. The summed E-state index contributed by atoms with van der Waals surface area (Å²) >= 11 is 2.15. The maximum atomic E-state index is 12.6. The first-order valence-corrected chi connectivity index (χ1v) is 10.6. The van der Waals surface area contributed by atoms with Crippen LogP contribution in [0.3, 0.4) is 0 Å². The van der Waals surface area contributed by atoms with Crippen LogP contribution in [-0.4, -0.2) is 18.1 Å². The number of hydrazone groups is 1. The van der Waals surface area contributed by atoms with E-state index in [1.54, 1.807) is 42.5 Å². The third-order valence-corrected chi connectivity index (χ3v) is 5.24. The zero-order valence-electron chi connectivity index (χ0n) is 16.3. The lowest BCUT2D eigenvalue weighted by molar-refractivity contribution is 0.0736. The fraction of sp³-hybridized carbons (Fsp3) is 0. The zero-order valence-corrected chi connectivity index (χ0v) is 18.4. The Morgan fingerprint density at radius 1 is 0.871 bits per heavy atom. The molecule has 152 valence electrons. The Bertz CT molecular complexity index is 1280. The molecule has 0 aliphatic carbocycles. The normalized spacial score (nSPS) is 10.9. The van der Waals surface area contributed by atoms with E-state index < -0.39 is 5.97 Å². The van der Waals surface area contributed by atoms with E-state index in [1.807, 2.05) is 48.5 Å². The minimum atomic E-state index is -0.414. The van der Waals surface area contributed by atoms with Gasteiger partial charge in [0, 0.05) is 9.13 Å². The number of nitrogens with zero attached hydrogens (tertiary/aromatic N) is 1. The predicted molar refractivity (Wildman–Crippen MR) is 130 cm³/mol. The number of hydrogen-bond donors (Lipinski definition) is 1. The minimum Gasteiger partial charge on any atom is -0.423 e. The molecule has 0 aliphatic heterocycles. The Morgan fingerprint density at radius 3 is 2.42 bits per heavy atom. The van der Waals surface area contributed by atoms with Gasteiger partial charge < -0.3 is 4.74 Å². The van der Waals surface area contributed by atoms with Gasteiger partial charge in [0.05, 0.1) is 11.8 Å². The van der Waals surface area contributed by atoms with Crippen molar-refractivity contribution in [1.29, 1.82) is 0 Å². The molecule has 0 radical (unpaired) electrons. The van der Waals surface area contributed by atoms with E-state index in [-0.39, 0.29) is 5.91 Å². The molecule has 4 aromatic carbocycles. The maximum Gasteiger partial charge on any atom is 0.344 e. The number of ether oxygens (including phenoxy) is 1. The van der Waals surface area contributed by atoms with E-state index in [0.29, 0.717) is 16.9 Å². The second kappa shape index (κ2) is 9.53. The van der Waals surface area contributed by atoms with Crippen molar-refractivity contribution in [2.75, 3.05) is 0 Å². The topological polar surface area (TPSA) is 67.8 Å². The molecular formula is C25H17IN2O3. The van der Waals surface area contributed by atoms with Crippen LogP contribution in [0.2, 0.25) is 0 Å². The molecule has 4 aromatic rings. The maximum absolute atomic E-state index is 12.6. The lowest BCUT2D eigenvalue weighted by Crippen LogP contribution is -2.17. The minimum absolute atomic E-state index is 0.282. The molecule has 6 heteroatoms. The van der Waals surface area contributed by atoms with E-state index in [1.165, 1.54) is 6.21 Å². The molecule has 31 heavy (non-hydrogen) atoms. The number of carbonyl (C=O) groups excluding carboxylic acids is 2. The summed E-state index contributed by atoms with van der Waals surface area (Å²) in [5.74, 6) is -0.267. The Kier molecular flexibility index (Phi) is 6.37. The molecule has 0 heterocycles. The first kappa shape index (κ1) is 20.7. The molecule has 0 aliphatic rings. The Hall–Kier alpha value is -3.52. The number of benzene rings is 4. The van der Waals surface area contributed by atoms with Crippen molar-refractivity contribution < 1.29 is 14.3 Å². The summed E-state index contributed by atoms with van der Waals surface area (Å²) in [7, 11) is 0. The van der Waals surface area contributed by atoms with Crippen LogP contribution in [0.5, 0.6) is 5.75 Å². The number of rotatable bonds is 5. The molecule has 0 bridgehead atoms. The summed E-state index contributed by atoms with van der Waals surface area (Å²) in [6.07, 6.45) is 1.53. The highest BCUT2D eigenvalue weighted by molar-refractivity contribution is 14.1. The molecule has 0 fully saturated rings. The third-order valence-electron chi connectivity index (χ3n) is 4.57. The van der Waals surface area contributed by atoms with Crippen LogP contribution in [0.4, 0.5) is 0 Å². The van der Waals surface area contributed by atoms with Crippen LogP contribution in [0.1, 0.15) is 26.3 Å². The fourth-order valence-electron chi connectivity index (χ4n) is 3.05. The van der Waals surface area contributed by atoms with Crippen molar-refractivity contribution in [2.24, 2.45) is 5.10 Å². The molecule has 0 spiro atoms. The Labute approximate surface area is 192 Å². The summed E-state index contributed by atoms with van der Waals surface area (Å²) in [5.41, 5.74) is 4.32. The monoisotopic (exact) mass is 520 g/mol. The van der Waals surface area contributed by atoms with Crippen LogP contribution >= 0.6 is 22.6 Å². The molecule has 1 amide bonds. The van der Waals surface area contributed by atoms with Crippen molar-refractivity contribution in [2.45, 2.75) is 0 Å². The second-order valence-electron chi connectivity index (χ2n) is 6.69. The van der Waals surface area contributed by atoms with Gasteiger partial charge in [-0.05, 0) is 87.5 Å². The average Bonchev–Trinajstić information content (AvgIpc) is 2.79. The average molecular weight is 520 g/mol. The van der Waals surface area contributed by atoms with Gasteiger partial charge in [0.25, 0.3) is 5.91 Å². The number of esters is 1. The summed E-state index contributed by atoms with van der Waals surface area (Å²) in [4.78, 5) is 24.7. The van der Waals surface area contributed by atoms with E-state index in [4.69, 9.17) is 4.74 Å². The van der Waals surface area contributed by atoms with E-state index in [2.05, 4.69) is 33.1 Å². The molecular weight excluding hydrogens is 503 g/mol. The van der Waals surface area contributed by atoms with E-state index in [0.717, 1.165) is 19.9 Å². The Balaban J connectivity index is 1.39. The van der Waals surface area contributed by atoms with Crippen LogP contribution in [0.25, 0.3) is 10.8 Å². The van der Waals surface area contributed by atoms with Gasteiger partial charge in [-0.15, -0.1) is 0 Å². The van der Waals surface area contributed by atoms with Crippen LogP contribution in [-0.2, 0) is 0 Å².